The van der Waals surface area contributed by atoms with Crippen LogP contribution in [0.25, 0.3) is 0 Å². The first kappa shape index (κ1) is 3.76. The molecule has 0 unspecified atom stereocenters. The predicted octanol–water partition coefficient (Wildman–Crippen LogP) is 1.23. The molecule has 11 heavy (non-hydrogen) atoms. The average Bonchev–Trinajstić information content (AvgIpc) is 2.15. The van der Waals surface area contributed by atoms with Gasteiger partial charge >= 0.3 is 0 Å². The topological polar surface area (TPSA) is 55.1 Å². The van der Waals surface area contributed by atoms with E-state index in [9.17, 15) is 4.79 Å². The Kier molecular flexibility index (Phi) is 1.04. The zero-order valence-corrected chi connectivity index (χ0v) is 5.74. The quantitative estimate of drug-likeness (QED) is 0.598. The van der Waals surface area contributed by atoms with E-state index in [1.165, 1.54) is 24.3 Å². The number of carbonyl (C=O) groups is 1. The smallest absolute Gasteiger partial charge is 0.221 e. The number of nitrogens with one attached hydrogen (secondary N) is 1. The van der Waals surface area contributed by atoms with Crippen molar-refractivity contribution in [3.8, 4) is 0 Å². The first-order valence-electron chi connectivity index (χ1n) is 4.96. The summed E-state index contributed by atoms with van der Waals surface area (Å²) >= 11 is 0. The molecule has 0 saturated carbocycles. The molecule has 0 aromatic heterocycles. The Morgan fingerprint density at radius 3 is 2.82 bits per heavy atom. The minimum atomic E-state index is -2.80. The Morgan fingerprint density at radius 2 is 2.27 bits per heavy atom. The fraction of sp³-hybridized carbons (Fsp3) is 0.125. The maximum Gasteiger partial charge on any atom is 0.221 e. The van der Waals surface area contributed by atoms with Crippen LogP contribution in [0.5, 0.6) is 0 Å². The number of amides is 1. The summed E-state index contributed by atoms with van der Waals surface area (Å²) in [6, 6.07) is 5.80. The Labute approximate surface area is 70.9 Å². The molecule has 3 N–H and O–H groups in total. The molecule has 0 aliphatic heterocycles. The van der Waals surface area contributed by atoms with E-state index in [1.54, 1.807) is 0 Å². The van der Waals surface area contributed by atoms with Crippen LogP contribution in [0.3, 0.4) is 0 Å². The van der Waals surface area contributed by atoms with Gasteiger partial charge in [0, 0.05) is 22.3 Å². The fourth-order valence-electron chi connectivity index (χ4n) is 0.666. The van der Waals surface area contributed by atoms with Gasteiger partial charge in [0.05, 0.1) is 0 Å². The number of rotatable bonds is 1. The number of carbonyl (C=O) groups excluding carboxylic acids is 1. The second-order valence-electron chi connectivity index (χ2n) is 2.01. The highest BCUT2D eigenvalue weighted by Gasteiger charge is 1.92. The van der Waals surface area contributed by atoms with Crippen molar-refractivity contribution in [1.82, 2.24) is 0 Å². The van der Waals surface area contributed by atoms with Gasteiger partial charge in [0.2, 0.25) is 5.91 Å². The summed E-state index contributed by atoms with van der Waals surface area (Å²) in [6.45, 7) is -2.80. The summed E-state index contributed by atoms with van der Waals surface area (Å²) in [5.41, 5.74) is 6.06. The standard InChI is InChI=1S/C8H10N2O/c1-6(11)10-8-4-2-7(9)3-5-8/h2-5H,9H2,1H3,(H,10,11)/i1D3/hD. The van der Waals surface area contributed by atoms with Crippen LogP contribution in [0.2, 0.25) is 1.41 Å². The molecule has 1 aromatic rings. The van der Waals surface area contributed by atoms with E-state index in [-0.39, 0.29) is 5.69 Å². The van der Waals surface area contributed by atoms with E-state index >= 15 is 0 Å². The van der Waals surface area contributed by atoms with Crippen LogP contribution in [0, 0.1) is 0 Å². The molecular formula is C8H10N2O. The molecule has 0 radical (unpaired) electrons. The van der Waals surface area contributed by atoms with Crippen LogP contribution in [0.15, 0.2) is 24.3 Å². The predicted molar refractivity (Wildman–Crippen MR) is 45.2 cm³/mol. The van der Waals surface area contributed by atoms with E-state index < -0.39 is 12.8 Å². The maximum absolute atomic E-state index is 11.2. The lowest BCUT2D eigenvalue weighted by atomic mass is 10.3. The molecule has 0 saturated heterocycles. The fourth-order valence-corrected chi connectivity index (χ4v) is 0.666. The van der Waals surface area contributed by atoms with Gasteiger partial charge in [0.15, 0.2) is 1.41 Å². The Morgan fingerprint density at radius 1 is 1.64 bits per heavy atom. The van der Waals surface area contributed by atoms with Gasteiger partial charge in [-0.2, -0.15) is 0 Å². The lowest BCUT2D eigenvalue weighted by Crippen LogP contribution is -2.05. The number of anilines is 2. The summed E-state index contributed by atoms with van der Waals surface area (Å²) in [6.07, 6.45) is 0. The zero-order chi connectivity index (χ0) is 11.6. The van der Waals surface area contributed by atoms with E-state index in [1.807, 2.05) is 0 Å². The number of hydrogen-bond acceptors (Lipinski definition) is 2. The summed E-state index contributed by atoms with van der Waals surface area (Å²) in [5, 5.41) is 0.340. The van der Waals surface area contributed by atoms with Crippen LogP contribution >= 0.6 is 0 Å². The lowest BCUT2D eigenvalue weighted by Gasteiger charge is -2.00. The molecule has 58 valence electrons. The highest BCUT2D eigenvalue weighted by atomic mass is 16.1. The first-order chi connectivity index (χ1) is 6.82. The van der Waals surface area contributed by atoms with Crippen molar-refractivity contribution in [2.45, 2.75) is 6.85 Å². The van der Waals surface area contributed by atoms with Crippen LogP contribution in [0.1, 0.15) is 11.0 Å². The first-order valence-corrected chi connectivity index (χ1v) is 3.01. The molecule has 1 aromatic carbocycles. The van der Waals surface area contributed by atoms with Crippen LogP contribution in [0.4, 0.5) is 11.4 Å². The van der Waals surface area contributed by atoms with Gasteiger partial charge in [0.1, 0.15) is 0 Å². The van der Waals surface area contributed by atoms with Crippen molar-refractivity contribution in [2.24, 2.45) is 0 Å². The van der Waals surface area contributed by atoms with Crippen LogP contribution < -0.4 is 11.0 Å². The second kappa shape index (κ2) is 3.05. The van der Waals surface area contributed by atoms with E-state index in [0.717, 1.165) is 0 Å². The SMILES string of the molecule is [2H]N(C(=O)C([2H])([2H])[2H])c1ccc(N)cc1. The molecule has 0 fully saturated rings. The monoisotopic (exact) mass is 154 g/mol. The molecule has 1 rings (SSSR count). The number of nitrogen functional groups attached to an aromatic ring is 1. The van der Waals surface area contributed by atoms with Crippen molar-refractivity contribution in [3.05, 3.63) is 24.3 Å². The maximum atomic E-state index is 11.2. The Hall–Kier alpha value is -1.51. The molecular weight excluding hydrogens is 140 g/mol. The molecule has 0 aliphatic rings. The molecule has 3 nitrogen and oxygen atoms in total. The van der Waals surface area contributed by atoms with Crippen molar-refractivity contribution >= 4 is 17.3 Å². The van der Waals surface area contributed by atoms with Gasteiger partial charge in [0.25, 0.3) is 0 Å². The van der Waals surface area contributed by atoms with Crippen molar-refractivity contribution in [3.63, 3.8) is 0 Å². The molecule has 0 aliphatic carbocycles. The largest absolute Gasteiger partial charge is 0.399 e. The Bertz CT molecular complexity index is 360. The number of hydrogen-bond donors (Lipinski definition) is 2. The normalized spacial score (nSPS) is 15.6. The summed E-state index contributed by atoms with van der Waals surface area (Å²) in [4.78, 5) is 11.2. The number of benzene rings is 1. The van der Waals surface area contributed by atoms with Crippen molar-refractivity contribution in [1.29, 1.82) is 0 Å². The zero-order valence-electron chi connectivity index (χ0n) is 9.74. The van der Waals surface area contributed by atoms with Crippen molar-refractivity contribution in [2.75, 3.05) is 11.0 Å². The number of nitrogens with two attached hydrogens (primary N) is 1. The van der Waals surface area contributed by atoms with E-state index in [4.69, 9.17) is 11.3 Å². The summed E-state index contributed by atoms with van der Waals surface area (Å²) in [7, 11) is 0. The van der Waals surface area contributed by atoms with Crippen LogP contribution in [-0.2, 0) is 4.79 Å². The average molecular weight is 154 g/mol. The van der Waals surface area contributed by atoms with Gasteiger partial charge in [-0.05, 0) is 24.3 Å². The van der Waals surface area contributed by atoms with E-state index in [0.29, 0.717) is 11.0 Å². The van der Waals surface area contributed by atoms with Crippen LogP contribution in [-0.4, -0.2) is 5.91 Å². The molecule has 3 heteroatoms. The third-order valence-corrected chi connectivity index (χ3v) is 1.12. The van der Waals surface area contributed by atoms with E-state index in [2.05, 4.69) is 0 Å². The lowest BCUT2D eigenvalue weighted by molar-refractivity contribution is -0.114. The molecule has 0 spiro atoms. The minimum absolute atomic E-state index is 0.172. The van der Waals surface area contributed by atoms with Gasteiger partial charge in [-0.15, -0.1) is 0 Å². The summed E-state index contributed by atoms with van der Waals surface area (Å²) < 4.78 is 27.9. The Balaban J connectivity index is 2.90. The van der Waals surface area contributed by atoms with Crippen molar-refractivity contribution < 1.29 is 10.3 Å². The third kappa shape index (κ3) is 2.29. The van der Waals surface area contributed by atoms with Gasteiger partial charge in [-0.25, -0.2) is 0 Å². The molecule has 0 bridgehead atoms. The second-order valence-corrected chi connectivity index (χ2v) is 2.01. The minimum Gasteiger partial charge on any atom is -0.399 e. The van der Waals surface area contributed by atoms with Gasteiger partial charge in [-0.1, -0.05) is 0 Å². The third-order valence-electron chi connectivity index (χ3n) is 1.12. The van der Waals surface area contributed by atoms with Gasteiger partial charge in [-0.3, -0.25) is 4.79 Å². The molecule has 0 heterocycles. The summed E-state index contributed by atoms with van der Waals surface area (Å²) in [5.74, 6) is -1.24. The molecule has 0 atom stereocenters. The highest BCUT2D eigenvalue weighted by molar-refractivity contribution is 5.88. The van der Waals surface area contributed by atoms with Gasteiger partial charge < -0.3 is 11.0 Å². The highest BCUT2D eigenvalue weighted by Crippen LogP contribution is 2.09. The molecule has 1 amide bonds.